The van der Waals surface area contributed by atoms with Crippen molar-refractivity contribution in [3.8, 4) is 5.75 Å². The van der Waals surface area contributed by atoms with E-state index < -0.39 is 0 Å². The van der Waals surface area contributed by atoms with Crippen molar-refractivity contribution in [3.63, 3.8) is 0 Å². The molecular formula is C17H23ClN4O3. The number of ether oxygens (including phenoxy) is 1. The predicted molar refractivity (Wildman–Crippen MR) is 94.9 cm³/mol. The maximum absolute atomic E-state index is 13.0. The fraction of sp³-hybridized carbons (Fsp3) is 0.529. The molecule has 8 heteroatoms. The number of hydrogen-bond acceptors (Lipinski definition) is 5. The largest absolute Gasteiger partial charge is 0.493 e. The molecule has 136 valence electrons. The molecule has 0 aromatic heterocycles. The van der Waals surface area contributed by atoms with Gasteiger partial charge in [-0.25, -0.2) is 0 Å². The van der Waals surface area contributed by atoms with Crippen LogP contribution in [0.4, 0.5) is 0 Å². The number of benzene rings is 1. The normalized spacial score (nSPS) is 20.8. The van der Waals surface area contributed by atoms with E-state index in [9.17, 15) is 9.59 Å². The fourth-order valence-electron chi connectivity index (χ4n) is 3.19. The van der Waals surface area contributed by atoms with E-state index in [4.69, 9.17) is 22.1 Å². The van der Waals surface area contributed by atoms with Gasteiger partial charge in [0.2, 0.25) is 5.91 Å². The van der Waals surface area contributed by atoms with E-state index in [1.54, 1.807) is 23.1 Å². The second-order valence-electron chi connectivity index (χ2n) is 6.23. The van der Waals surface area contributed by atoms with Crippen LogP contribution in [0.15, 0.2) is 18.2 Å². The van der Waals surface area contributed by atoms with E-state index in [0.717, 1.165) is 6.54 Å². The number of fused-ring (bicyclic) bond motifs is 1. The minimum Gasteiger partial charge on any atom is -0.493 e. The Hall–Kier alpha value is -1.83. The van der Waals surface area contributed by atoms with Crippen LogP contribution >= 0.6 is 11.6 Å². The van der Waals surface area contributed by atoms with Gasteiger partial charge in [-0.3, -0.25) is 14.5 Å². The molecule has 3 N–H and O–H groups in total. The molecule has 2 saturated heterocycles. The summed E-state index contributed by atoms with van der Waals surface area (Å²) in [6.07, 6.45) is 0.695. The third kappa shape index (κ3) is 4.05. The van der Waals surface area contributed by atoms with Crippen molar-refractivity contribution in [3.05, 3.63) is 28.8 Å². The lowest BCUT2D eigenvalue weighted by Crippen LogP contribution is -2.64. The van der Waals surface area contributed by atoms with Crippen molar-refractivity contribution in [2.24, 2.45) is 5.73 Å². The Labute approximate surface area is 152 Å². The molecule has 25 heavy (non-hydrogen) atoms. The van der Waals surface area contributed by atoms with Gasteiger partial charge >= 0.3 is 0 Å². The maximum atomic E-state index is 13.0. The minimum absolute atomic E-state index is 0.0146. The maximum Gasteiger partial charge on any atom is 0.257 e. The average molecular weight is 367 g/mol. The van der Waals surface area contributed by atoms with Gasteiger partial charge in [0.25, 0.3) is 5.91 Å². The highest BCUT2D eigenvalue weighted by Gasteiger charge is 2.37. The van der Waals surface area contributed by atoms with Crippen LogP contribution in [0.25, 0.3) is 0 Å². The lowest BCUT2D eigenvalue weighted by atomic mass is 10.1. The molecule has 3 rings (SSSR count). The molecule has 0 aliphatic carbocycles. The summed E-state index contributed by atoms with van der Waals surface area (Å²) >= 11 is 6.04. The summed E-state index contributed by atoms with van der Waals surface area (Å²) in [5, 5.41) is 3.37. The molecule has 0 saturated carbocycles. The first-order valence-corrected chi connectivity index (χ1v) is 8.91. The minimum atomic E-state index is -0.277. The van der Waals surface area contributed by atoms with E-state index in [-0.39, 0.29) is 17.9 Å². The summed E-state index contributed by atoms with van der Waals surface area (Å²) in [6, 6.07) is 4.72. The number of carbonyl (C=O) groups excluding carboxylic acids is 2. The first-order chi connectivity index (χ1) is 12.1. The zero-order valence-corrected chi connectivity index (χ0v) is 14.8. The molecule has 2 fully saturated rings. The highest BCUT2D eigenvalue weighted by atomic mass is 35.5. The molecule has 0 spiro atoms. The summed E-state index contributed by atoms with van der Waals surface area (Å²) < 4.78 is 5.70. The first kappa shape index (κ1) is 18.0. The molecule has 0 bridgehead atoms. The van der Waals surface area contributed by atoms with Crippen molar-refractivity contribution in [1.29, 1.82) is 0 Å². The number of nitrogens with two attached hydrogens (primary N) is 1. The van der Waals surface area contributed by atoms with Gasteiger partial charge in [-0.2, -0.15) is 0 Å². The molecule has 0 radical (unpaired) electrons. The number of hydrogen-bond donors (Lipinski definition) is 2. The molecule has 1 aromatic rings. The van der Waals surface area contributed by atoms with Crippen LogP contribution < -0.4 is 15.8 Å². The lowest BCUT2D eigenvalue weighted by Gasteiger charge is -2.43. The van der Waals surface area contributed by atoms with Crippen LogP contribution in [0.1, 0.15) is 16.8 Å². The molecule has 7 nitrogen and oxygen atoms in total. The van der Waals surface area contributed by atoms with Crippen LogP contribution in [0.2, 0.25) is 5.02 Å². The first-order valence-electron chi connectivity index (χ1n) is 8.53. The van der Waals surface area contributed by atoms with Crippen LogP contribution in [-0.2, 0) is 4.79 Å². The van der Waals surface area contributed by atoms with E-state index in [1.807, 2.05) is 0 Å². The summed E-state index contributed by atoms with van der Waals surface area (Å²) in [5.41, 5.74) is 5.95. The second-order valence-corrected chi connectivity index (χ2v) is 6.66. The summed E-state index contributed by atoms with van der Waals surface area (Å²) in [7, 11) is 0. The SMILES string of the molecule is NCCCOc1cc(Cl)ccc1C(=O)N1CCN2CCNC(=O)[C@H]2C1. The Bertz CT molecular complexity index is 655. The van der Waals surface area contributed by atoms with E-state index in [2.05, 4.69) is 10.2 Å². The fourth-order valence-corrected chi connectivity index (χ4v) is 3.35. The number of nitrogens with zero attached hydrogens (tertiary/aromatic N) is 2. The van der Waals surface area contributed by atoms with E-state index >= 15 is 0 Å². The van der Waals surface area contributed by atoms with Crippen molar-refractivity contribution in [1.82, 2.24) is 15.1 Å². The number of rotatable bonds is 5. The lowest BCUT2D eigenvalue weighted by molar-refractivity contribution is -0.131. The van der Waals surface area contributed by atoms with Gasteiger partial charge in [0.05, 0.1) is 12.2 Å². The van der Waals surface area contributed by atoms with Gasteiger partial charge in [0.15, 0.2) is 0 Å². The Morgan fingerprint density at radius 1 is 1.36 bits per heavy atom. The Morgan fingerprint density at radius 3 is 3.00 bits per heavy atom. The predicted octanol–water partition coefficient (Wildman–Crippen LogP) is 0.324. The second kappa shape index (κ2) is 8.03. The highest BCUT2D eigenvalue weighted by Crippen LogP contribution is 2.26. The Balaban J connectivity index is 1.75. The van der Waals surface area contributed by atoms with Gasteiger partial charge in [0.1, 0.15) is 11.8 Å². The van der Waals surface area contributed by atoms with Crippen LogP contribution in [0.3, 0.4) is 0 Å². The van der Waals surface area contributed by atoms with Gasteiger partial charge in [-0.1, -0.05) is 11.6 Å². The van der Waals surface area contributed by atoms with Gasteiger partial charge in [-0.15, -0.1) is 0 Å². The number of carbonyl (C=O) groups is 2. The summed E-state index contributed by atoms with van der Waals surface area (Å²) in [5.74, 6) is 0.304. The van der Waals surface area contributed by atoms with Crippen LogP contribution in [0.5, 0.6) is 5.75 Å². The molecule has 2 heterocycles. The van der Waals surface area contributed by atoms with Gasteiger partial charge in [-0.05, 0) is 31.2 Å². The molecule has 1 atom stereocenters. The zero-order chi connectivity index (χ0) is 17.8. The summed E-state index contributed by atoms with van der Waals surface area (Å²) in [6.45, 7) is 4.11. The van der Waals surface area contributed by atoms with E-state index in [1.165, 1.54) is 0 Å². The third-order valence-corrected chi connectivity index (χ3v) is 4.79. The molecular weight excluding hydrogens is 344 g/mol. The molecule has 2 aliphatic rings. The molecule has 2 amide bonds. The van der Waals surface area contributed by atoms with Crippen molar-refractivity contribution in [2.45, 2.75) is 12.5 Å². The smallest absolute Gasteiger partial charge is 0.257 e. The third-order valence-electron chi connectivity index (χ3n) is 4.56. The molecule has 2 aliphatic heterocycles. The number of amides is 2. The Kier molecular flexibility index (Phi) is 5.78. The average Bonchev–Trinajstić information content (AvgIpc) is 2.62. The van der Waals surface area contributed by atoms with Gasteiger partial charge < -0.3 is 20.7 Å². The number of halogens is 1. The van der Waals surface area contributed by atoms with Crippen molar-refractivity contribution >= 4 is 23.4 Å². The number of piperazine rings is 2. The molecule has 0 unspecified atom stereocenters. The number of nitrogens with one attached hydrogen (secondary N) is 1. The quantitative estimate of drug-likeness (QED) is 0.733. The topological polar surface area (TPSA) is 87.9 Å². The summed E-state index contributed by atoms with van der Waals surface area (Å²) in [4.78, 5) is 28.9. The monoisotopic (exact) mass is 366 g/mol. The van der Waals surface area contributed by atoms with Crippen LogP contribution in [-0.4, -0.2) is 73.5 Å². The van der Waals surface area contributed by atoms with Crippen molar-refractivity contribution < 1.29 is 14.3 Å². The van der Waals surface area contributed by atoms with Gasteiger partial charge in [0, 0.05) is 37.7 Å². The highest BCUT2D eigenvalue weighted by molar-refractivity contribution is 6.30. The molecule has 1 aromatic carbocycles. The standard InChI is InChI=1S/C17H23ClN4O3/c18-12-2-3-13(15(10-12)25-9-1-4-19)17(24)22-8-7-21-6-5-20-16(23)14(21)11-22/h2-3,10,14H,1,4-9,11,19H2,(H,20,23)/t14-/m1/s1. The zero-order valence-electron chi connectivity index (χ0n) is 14.0. The Morgan fingerprint density at radius 2 is 2.20 bits per heavy atom. The van der Waals surface area contributed by atoms with E-state index in [0.29, 0.717) is 62.1 Å². The van der Waals surface area contributed by atoms with Crippen molar-refractivity contribution in [2.75, 3.05) is 45.9 Å². The van der Waals surface area contributed by atoms with Crippen LogP contribution in [0, 0.1) is 0 Å².